The van der Waals surface area contributed by atoms with Crippen LogP contribution in [0.15, 0.2) is 27.6 Å². The Morgan fingerprint density at radius 3 is 2.26 bits per heavy atom. The third kappa shape index (κ3) is 4.48. The van der Waals surface area contributed by atoms with E-state index in [1.54, 1.807) is 30.3 Å². The number of sulfonamides is 1. The topological polar surface area (TPSA) is 95.8 Å². The maximum atomic E-state index is 13.2. The van der Waals surface area contributed by atoms with Crippen LogP contribution in [-0.4, -0.2) is 50.0 Å². The molecule has 9 heteroatoms. The summed E-state index contributed by atoms with van der Waals surface area (Å²) in [5, 5.41) is 6.80. The molecule has 0 atom stereocenters. The standard InChI is InChI=1S/C22H30N4O4S/c1-16-21(17(2)30-24-16)22(27)23-19-15-18(31(28,29)26-13-7-4-8-14-26)9-10-20(19)25-11-5-3-6-12-25/h9-10,15H,3-8,11-14H2,1-2H3,(H,23,27). The van der Waals surface area contributed by atoms with Crippen molar-refractivity contribution >= 4 is 27.3 Å². The average Bonchev–Trinajstić information content (AvgIpc) is 3.13. The zero-order chi connectivity index (χ0) is 22.0. The van der Waals surface area contributed by atoms with Crippen LogP contribution in [-0.2, 0) is 10.0 Å². The van der Waals surface area contributed by atoms with Gasteiger partial charge in [-0.15, -0.1) is 0 Å². The Balaban J connectivity index is 1.70. The van der Waals surface area contributed by atoms with Crippen LogP contribution in [0.5, 0.6) is 0 Å². The molecule has 2 aliphatic rings. The fraction of sp³-hybridized carbons (Fsp3) is 0.545. The molecule has 1 aromatic heterocycles. The molecule has 2 fully saturated rings. The van der Waals surface area contributed by atoms with Gasteiger partial charge in [-0.25, -0.2) is 8.42 Å². The Kier molecular flexibility index (Phi) is 6.34. The molecule has 2 aromatic rings. The third-order valence-corrected chi connectivity index (χ3v) is 8.02. The zero-order valence-electron chi connectivity index (χ0n) is 18.2. The fourth-order valence-corrected chi connectivity index (χ4v) is 5.98. The Hall–Kier alpha value is -2.39. The van der Waals surface area contributed by atoms with Crippen LogP contribution in [0.2, 0.25) is 0 Å². The van der Waals surface area contributed by atoms with Gasteiger partial charge in [0.15, 0.2) is 0 Å². The van der Waals surface area contributed by atoms with Gasteiger partial charge in [0, 0.05) is 26.2 Å². The molecule has 0 spiro atoms. The number of amides is 1. The van der Waals surface area contributed by atoms with Crippen LogP contribution in [0.25, 0.3) is 0 Å². The summed E-state index contributed by atoms with van der Waals surface area (Å²) in [7, 11) is -3.61. The van der Waals surface area contributed by atoms with Crippen molar-refractivity contribution in [1.82, 2.24) is 9.46 Å². The smallest absolute Gasteiger partial charge is 0.261 e. The Labute approximate surface area is 183 Å². The monoisotopic (exact) mass is 446 g/mol. The summed E-state index contributed by atoms with van der Waals surface area (Å²) >= 11 is 0. The number of aromatic nitrogens is 1. The van der Waals surface area contributed by atoms with Gasteiger partial charge in [-0.2, -0.15) is 4.31 Å². The first-order chi connectivity index (χ1) is 14.9. The number of anilines is 2. The van der Waals surface area contributed by atoms with Gasteiger partial charge in [-0.3, -0.25) is 4.79 Å². The van der Waals surface area contributed by atoms with Crippen molar-refractivity contribution in [1.29, 1.82) is 0 Å². The van der Waals surface area contributed by atoms with Crippen molar-refractivity contribution in [3.63, 3.8) is 0 Å². The van der Waals surface area contributed by atoms with E-state index in [1.165, 1.54) is 6.42 Å². The van der Waals surface area contributed by atoms with Gasteiger partial charge in [0.2, 0.25) is 10.0 Å². The van der Waals surface area contributed by atoms with Crippen molar-refractivity contribution in [2.24, 2.45) is 0 Å². The maximum Gasteiger partial charge on any atom is 0.261 e. The lowest BCUT2D eigenvalue weighted by Gasteiger charge is -2.31. The lowest BCUT2D eigenvalue weighted by molar-refractivity contribution is 0.102. The molecule has 3 heterocycles. The summed E-state index contributed by atoms with van der Waals surface area (Å²) in [6.07, 6.45) is 6.13. The molecule has 31 heavy (non-hydrogen) atoms. The van der Waals surface area contributed by atoms with Crippen molar-refractivity contribution in [3.8, 4) is 0 Å². The van der Waals surface area contributed by atoms with Crippen molar-refractivity contribution in [3.05, 3.63) is 35.2 Å². The van der Waals surface area contributed by atoms with E-state index in [-0.39, 0.29) is 10.8 Å². The number of hydrogen-bond donors (Lipinski definition) is 1. The minimum atomic E-state index is -3.61. The molecular formula is C22H30N4O4S. The second-order valence-electron chi connectivity index (χ2n) is 8.34. The fourth-order valence-electron chi connectivity index (χ4n) is 4.43. The zero-order valence-corrected chi connectivity index (χ0v) is 19.0. The number of hydrogen-bond acceptors (Lipinski definition) is 6. The van der Waals surface area contributed by atoms with E-state index in [9.17, 15) is 13.2 Å². The second kappa shape index (κ2) is 9.00. The Morgan fingerprint density at radius 2 is 1.65 bits per heavy atom. The van der Waals surface area contributed by atoms with Gasteiger partial charge in [0.1, 0.15) is 11.3 Å². The first-order valence-corrected chi connectivity index (χ1v) is 12.5. The number of nitrogens with zero attached hydrogens (tertiary/aromatic N) is 3. The summed E-state index contributed by atoms with van der Waals surface area (Å²) in [5.41, 5.74) is 2.24. The molecular weight excluding hydrogens is 416 g/mol. The van der Waals surface area contributed by atoms with E-state index >= 15 is 0 Å². The molecule has 0 radical (unpaired) electrons. The van der Waals surface area contributed by atoms with Crippen LogP contribution in [0.4, 0.5) is 11.4 Å². The van der Waals surface area contributed by atoms with Gasteiger partial charge in [-0.05, 0) is 64.2 Å². The number of nitrogens with one attached hydrogen (secondary N) is 1. The van der Waals surface area contributed by atoms with E-state index in [0.29, 0.717) is 35.8 Å². The number of piperidine rings is 2. The Morgan fingerprint density at radius 1 is 1.00 bits per heavy atom. The minimum absolute atomic E-state index is 0.212. The largest absolute Gasteiger partial charge is 0.370 e. The number of carbonyl (C=O) groups excluding carboxylic acids is 1. The molecule has 0 unspecified atom stereocenters. The van der Waals surface area contributed by atoms with Crippen LogP contribution in [0.3, 0.4) is 0 Å². The summed E-state index contributed by atoms with van der Waals surface area (Å²) in [6, 6.07) is 5.09. The number of carbonyl (C=O) groups is 1. The van der Waals surface area contributed by atoms with Crippen LogP contribution in [0, 0.1) is 13.8 Å². The van der Waals surface area contributed by atoms with Crippen molar-refractivity contribution < 1.29 is 17.7 Å². The predicted octanol–water partition coefficient (Wildman–Crippen LogP) is 3.71. The highest BCUT2D eigenvalue weighted by Crippen LogP contribution is 2.33. The Bertz CT molecular complexity index is 1030. The molecule has 1 N–H and O–H groups in total. The quantitative estimate of drug-likeness (QED) is 0.752. The molecule has 0 aliphatic carbocycles. The van der Waals surface area contributed by atoms with E-state index in [0.717, 1.165) is 50.9 Å². The lowest BCUT2D eigenvalue weighted by atomic mass is 10.1. The SMILES string of the molecule is Cc1noc(C)c1C(=O)Nc1cc(S(=O)(=O)N2CCCCC2)ccc1N1CCCCC1. The van der Waals surface area contributed by atoms with E-state index < -0.39 is 10.0 Å². The molecule has 1 aromatic carbocycles. The van der Waals surface area contributed by atoms with E-state index in [2.05, 4.69) is 15.4 Å². The molecule has 1 amide bonds. The molecule has 168 valence electrons. The van der Waals surface area contributed by atoms with Gasteiger partial charge in [0.25, 0.3) is 5.91 Å². The average molecular weight is 447 g/mol. The summed E-state index contributed by atoms with van der Waals surface area (Å²) in [4.78, 5) is 15.4. The number of benzene rings is 1. The van der Waals surface area contributed by atoms with Crippen LogP contribution in [0.1, 0.15) is 60.3 Å². The minimum Gasteiger partial charge on any atom is -0.370 e. The van der Waals surface area contributed by atoms with E-state index in [1.807, 2.05) is 6.07 Å². The van der Waals surface area contributed by atoms with Crippen molar-refractivity contribution in [2.75, 3.05) is 36.4 Å². The third-order valence-electron chi connectivity index (χ3n) is 6.13. The van der Waals surface area contributed by atoms with Gasteiger partial charge >= 0.3 is 0 Å². The van der Waals surface area contributed by atoms with Gasteiger partial charge in [0.05, 0.1) is 22.0 Å². The summed E-state index contributed by atoms with van der Waals surface area (Å²) in [5.74, 6) is 0.0913. The van der Waals surface area contributed by atoms with E-state index in [4.69, 9.17) is 4.52 Å². The number of rotatable bonds is 5. The normalized spacial score (nSPS) is 18.2. The van der Waals surface area contributed by atoms with Gasteiger partial charge in [-0.1, -0.05) is 11.6 Å². The highest BCUT2D eigenvalue weighted by atomic mass is 32.2. The molecule has 0 bridgehead atoms. The predicted molar refractivity (Wildman–Crippen MR) is 119 cm³/mol. The highest BCUT2D eigenvalue weighted by Gasteiger charge is 2.28. The maximum absolute atomic E-state index is 13.2. The van der Waals surface area contributed by atoms with Crippen molar-refractivity contribution in [2.45, 2.75) is 57.3 Å². The molecule has 2 saturated heterocycles. The lowest BCUT2D eigenvalue weighted by Crippen LogP contribution is -2.36. The van der Waals surface area contributed by atoms with Gasteiger partial charge < -0.3 is 14.7 Å². The second-order valence-corrected chi connectivity index (χ2v) is 10.3. The highest BCUT2D eigenvalue weighted by molar-refractivity contribution is 7.89. The molecule has 8 nitrogen and oxygen atoms in total. The summed E-state index contributed by atoms with van der Waals surface area (Å²) in [6.45, 7) is 6.25. The number of aryl methyl sites for hydroxylation is 2. The molecule has 4 rings (SSSR count). The van der Waals surface area contributed by atoms with Crippen LogP contribution >= 0.6 is 0 Å². The first-order valence-electron chi connectivity index (χ1n) is 11.0. The molecule has 2 aliphatic heterocycles. The summed E-state index contributed by atoms with van der Waals surface area (Å²) < 4.78 is 33.1. The van der Waals surface area contributed by atoms with Crippen LogP contribution < -0.4 is 10.2 Å². The first kappa shape index (κ1) is 21.8. The molecule has 0 saturated carbocycles.